The second-order valence-electron chi connectivity index (χ2n) is 4.67. The van der Waals surface area contributed by atoms with Gasteiger partial charge >= 0.3 is 0 Å². The van der Waals surface area contributed by atoms with Gasteiger partial charge in [-0.1, -0.05) is 18.7 Å². The first-order chi connectivity index (χ1) is 10.2. The molecule has 0 bridgehead atoms. The van der Waals surface area contributed by atoms with Gasteiger partial charge in [-0.25, -0.2) is 9.97 Å². The van der Waals surface area contributed by atoms with Gasteiger partial charge in [0, 0.05) is 30.9 Å². The number of thioether (sulfide) groups is 1. The number of rotatable bonds is 4. The average Bonchev–Trinajstić information content (AvgIpc) is 3.16. The first kappa shape index (κ1) is 13.9. The molecule has 0 saturated heterocycles. The topological polar surface area (TPSA) is 92.7 Å². The Labute approximate surface area is 125 Å². The van der Waals surface area contributed by atoms with Crippen molar-refractivity contribution in [1.29, 1.82) is 0 Å². The predicted molar refractivity (Wildman–Crippen MR) is 78.3 cm³/mol. The molecule has 2 aromatic heterocycles. The standard InChI is InChI=1S/C13H15N5O2S/c1-2-9(10-14-3-4-15-10)17-11(19)8-7-16-13-18(12(8)20)5-6-21-13/h3-4,7,9H,2,5-6H2,1H3,(H,14,15)(H,17,19). The zero-order valence-electron chi connectivity index (χ0n) is 11.5. The molecule has 1 unspecified atom stereocenters. The normalized spacial score (nSPS) is 14.7. The summed E-state index contributed by atoms with van der Waals surface area (Å²) in [6.07, 6.45) is 5.37. The van der Waals surface area contributed by atoms with Gasteiger partial charge in [-0.15, -0.1) is 0 Å². The van der Waals surface area contributed by atoms with Gasteiger partial charge < -0.3 is 10.3 Å². The number of nitrogens with one attached hydrogen (secondary N) is 2. The van der Waals surface area contributed by atoms with E-state index in [9.17, 15) is 9.59 Å². The summed E-state index contributed by atoms with van der Waals surface area (Å²) in [5, 5.41) is 3.50. The van der Waals surface area contributed by atoms with Crippen LogP contribution in [-0.4, -0.2) is 31.2 Å². The molecular weight excluding hydrogens is 290 g/mol. The number of imidazole rings is 1. The monoisotopic (exact) mass is 305 g/mol. The van der Waals surface area contributed by atoms with E-state index < -0.39 is 5.91 Å². The zero-order valence-corrected chi connectivity index (χ0v) is 12.3. The highest BCUT2D eigenvalue weighted by atomic mass is 32.2. The molecule has 1 aliphatic heterocycles. The van der Waals surface area contributed by atoms with Crippen LogP contribution in [0.15, 0.2) is 28.5 Å². The van der Waals surface area contributed by atoms with Crippen LogP contribution in [-0.2, 0) is 6.54 Å². The van der Waals surface area contributed by atoms with Crippen molar-refractivity contribution in [3.05, 3.63) is 40.3 Å². The second kappa shape index (κ2) is 5.72. The molecule has 1 amide bonds. The van der Waals surface area contributed by atoms with Crippen molar-refractivity contribution in [2.24, 2.45) is 0 Å². The highest BCUT2D eigenvalue weighted by Gasteiger charge is 2.22. The molecule has 2 N–H and O–H groups in total. The Hall–Kier alpha value is -2.09. The number of nitrogens with zero attached hydrogens (tertiary/aromatic N) is 3. The van der Waals surface area contributed by atoms with Gasteiger partial charge in [0.2, 0.25) is 0 Å². The number of H-pyrrole nitrogens is 1. The molecule has 2 aromatic rings. The third-order valence-corrected chi connectivity index (χ3v) is 4.33. The van der Waals surface area contributed by atoms with Crippen LogP contribution in [0.3, 0.4) is 0 Å². The fourth-order valence-electron chi connectivity index (χ4n) is 2.24. The van der Waals surface area contributed by atoms with E-state index in [4.69, 9.17) is 0 Å². The summed E-state index contributed by atoms with van der Waals surface area (Å²) < 4.78 is 1.55. The number of hydrogen-bond donors (Lipinski definition) is 2. The van der Waals surface area contributed by atoms with E-state index in [2.05, 4.69) is 20.3 Å². The van der Waals surface area contributed by atoms with Crippen LogP contribution in [0.4, 0.5) is 0 Å². The van der Waals surface area contributed by atoms with Crippen LogP contribution in [0, 0.1) is 0 Å². The highest BCUT2D eigenvalue weighted by molar-refractivity contribution is 7.99. The van der Waals surface area contributed by atoms with Crippen molar-refractivity contribution < 1.29 is 4.79 Å². The molecule has 1 aliphatic rings. The molecule has 3 rings (SSSR count). The quantitative estimate of drug-likeness (QED) is 0.821. The van der Waals surface area contributed by atoms with Gasteiger partial charge in [-0.2, -0.15) is 0 Å². The molecule has 3 heterocycles. The molecule has 0 fully saturated rings. The van der Waals surface area contributed by atoms with E-state index in [1.54, 1.807) is 17.0 Å². The molecule has 1 atom stereocenters. The Morgan fingerprint density at radius 3 is 3.14 bits per heavy atom. The van der Waals surface area contributed by atoms with Crippen LogP contribution in [0.5, 0.6) is 0 Å². The minimum absolute atomic E-state index is 0.0752. The number of carbonyl (C=O) groups excluding carboxylic acids is 1. The first-order valence-electron chi connectivity index (χ1n) is 6.73. The molecule has 0 aromatic carbocycles. The van der Waals surface area contributed by atoms with Crippen molar-refractivity contribution in [3.8, 4) is 0 Å². The summed E-state index contributed by atoms with van der Waals surface area (Å²) in [5.74, 6) is 1.08. The summed E-state index contributed by atoms with van der Waals surface area (Å²) in [6.45, 7) is 2.54. The average molecular weight is 305 g/mol. The maximum Gasteiger partial charge on any atom is 0.267 e. The molecule has 0 spiro atoms. The lowest BCUT2D eigenvalue weighted by Crippen LogP contribution is -2.35. The number of aromatic amines is 1. The van der Waals surface area contributed by atoms with Gasteiger partial charge in [0.25, 0.3) is 11.5 Å². The molecular formula is C13H15N5O2S. The predicted octanol–water partition coefficient (Wildman–Crippen LogP) is 0.953. The summed E-state index contributed by atoms with van der Waals surface area (Å²) >= 11 is 1.52. The van der Waals surface area contributed by atoms with Crippen molar-refractivity contribution in [3.63, 3.8) is 0 Å². The van der Waals surface area contributed by atoms with E-state index in [1.807, 2.05) is 6.92 Å². The maximum atomic E-state index is 12.3. The Kier molecular flexibility index (Phi) is 3.78. The Morgan fingerprint density at radius 2 is 2.43 bits per heavy atom. The minimum Gasteiger partial charge on any atom is -0.347 e. The van der Waals surface area contributed by atoms with Gasteiger partial charge in [-0.3, -0.25) is 14.2 Å². The van der Waals surface area contributed by atoms with Crippen molar-refractivity contribution in [2.45, 2.75) is 31.1 Å². The summed E-state index contributed by atoms with van der Waals surface area (Å²) in [5.41, 5.74) is -0.206. The number of amides is 1. The van der Waals surface area contributed by atoms with Crippen LogP contribution < -0.4 is 10.9 Å². The summed E-state index contributed by atoms with van der Waals surface area (Å²) in [4.78, 5) is 35.9. The van der Waals surface area contributed by atoms with Crippen LogP contribution in [0.2, 0.25) is 0 Å². The number of fused-ring (bicyclic) bond motifs is 1. The third-order valence-electron chi connectivity index (χ3n) is 3.36. The van der Waals surface area contributed by atoms with Crippen LogP contribution >= 0.6 is 11.8 Å². The van der Waals surface area contributed by atoms with Crippen molar-refractivity contribution in [1.82, 2.24) is 24.8 Å². The third kappa shape index (κ3) is 2.58. The lowest BCUT2D eigenvalue weighted by molar-refractivity contribution is 0.0931. The number of aromatic nitrogens is 4. The molecule has 0 radical (unpaired) electrons. The smallest absolute Gasteiger partial charge is 0.267 e. The lowest BCUT2D eigenvalue weighted by Gasteiger charge is -2.14. The zero-order chi connectivity index (χ0) is 14.8. The fourth-order valence-corrected chi connectivity index (χ4v) is 3.15. The Balaban J connectivity index is 1.84. The van der Waals surface area contributed by atoms with Crippen molar-refractivity contribution in [2.75, 3.05) is 5.75 Å². The SMILES string of the molecule is CCC(NC(=O)c1cnc2n(c1=O)CCS2)c1ncc[nH]1. The fraction of sp³-hybridized carbons (Fsp3) is 0.385. The summed E-state index contributed by atoms with van der Waals surface area (Å²) in [6, 6.07) is -0.250. The number of carbonyl (C=O) groups is 1. The molecule has 8 heteroatoms. The molecule has 0 aliphatic carbocycles. The minimum atomic E-state index is -0.414. The van der Waals surface area contributed by atoms with Crippen molar-refractivity contribution >= 4 is 17.7 Å². The van der Waals surface area contributed by atoms with Gasteiger partial charge in [0.05, 0.1) is 6.04 Å². The van der Waals surface area contributed by atoms with Gasteiger partial charge in [0.1, 0.15) is 11.4 Å². The number of hydrogen-bond acceptors (Lipinski definition) is 5. The lowest BCUT2D eigenvalue weighted by atomic mass is 10.2. The van der Waals surface area contributed by atoms with E-state index in [-0.39, 0.29) is 17.2 Å². The van der Waals surface area contributed by atoms with E-state index in [0.29, 0.717) is 23.9 Å². The Bertz CT molecular complexity index is 710. The largest absolute Gasteiger partial charge is 0.347 e. The highest BCUT2D eigenvalue weighted by Crippen LogP contribution is 2.20. The van der Waals surface area contributed by atoms with E-state index >= 15 is 0 Å². The second-order valence-corrected chi connectivity index (χ2v) is 5.73. The first-order valence-corrected chi connectivity index (χ1v) is 7.72. The van der Waals surface area contributed by atoms with Gasteiger partial charge in [-0.05, 0) is 6.42 Å². The van der Waals surface area contributed by atoms with E-state index in [0.717, 1.165) is 5.75 Å². The van der Waals surface area contributed by atoms with Gasteiger partial charge in [0.15, 0.2) is 5.16 Å². The maximum absolute atomic E-state index is 12.3. The van der Waals surface area contributed by atoms with Crippen LogP contribution in [0.1, 0.15) is 35.6 Å². The van der Waals surface area contributed by atoms with Crippen LogP contribution in [0.25, 0.3) is 0 Å². The molecule has 0 saturated carbocycles. The Morgan fingerprint density at radius 1 is 1.57 bits per heavy atom. The molecule has 21 heavy (non-hydrogen) atoms. The molecule has 7 nitrogen and oxygen atoms in total. The summed E-state index contributed by atoms with van der Waals surface area (Å²) in [7, 11) is 0. The molecule has 110 valence electrons. The van der Waals surface area contributed by atoms with E-state index in [1.165, 1.54) is 18.0 Å².